The highest BCUT2D eigenvalue weighted by Crippen LogP contribution is 2.44. The third kappa shape index (κ3) is 1.46. The van der Waals surface area contributed by atoms with Crippen LogP contribution in [0.2, 0.25) is 0 Å². The van der Waals surface area contributed by atoms with Gasteiger partial charge in [0.15, 0.2) is 0 Å². The quantitative estimate of drug-likeness (QED) is 0.807. The number of benzene rings is 1. The number of pyridine rings is 1. The Morgan fingerprint density at radius 2 is 2.17 bits per heavy atom. The Hall–Kier alpha value is -2.08. The van der Waals surface area contributed by atoms with Crippen LogP contribution in [0.15, 0.2) is 30.5 Å². The van der Waals surface area contributed by atoms with Crippen LogP contribution in [0.25, 0.3) is 10.8 Å². The molecule has 1 fully saturated rings. The number of hydrogen-bond donors (Lipinski definition) is 0. The first-order valence-electron chi connectivity index (χ1n) is 6.13. The summed E-state index contributed by atoms with van der Waals surface area (Å²) in [5.41, 5.74) is 0.527. The van der Waals surface area contributed by atoms with E-state index in [0.717, 1.165) is 41.5 Å². The van der Waals surface area contributed by atoms with Gasteiger partial charge < -0.3 is 4.74 Å². The van der Waals surface area contributed by atoms with E-state index in [2.05, 4.69) is 11.1 Å². The molecule has 2 aromatic rings. The molecule has 1 heterocycles. The van der Waals surface area contributed by atoms with Gasteiger partial charge in [0.05, 0.1) is 24.3 Å². The van der Waals surface area contributed by atoms with Gasteiger partial charge in [0.1, 0.15) is 5.75 Å². The zero-order valence-corrected chi connectivity index (χ0v) is 10.3. The smallest absolute Gasteiger partial charge is 0.119 e. The highest BCUT2D eigenvalue weighted by molar-refractivity contribution is 5.87. The second kappa shape index (κ2) is 3.99. The summed E-state index contributed by atoms with van der Waals surface area (Å²) in [5, 5.41) is 11.6. The molecule has 90 valence electrons. The van der Waals surface area contributed by atoms with Crippen LogP contribution in [0.5, 0.6) is 5.75 Å². The Kier molecular flexibility index (Phi) is 2.45. The number of methoxy groups -OCH3 is 1. The molecular weight excluding hydrogens is 224 g/mol. The summed E-state index contributed by atoms with van der Waals surface area (Å²) in [7, 11) is 1.65. The highest BCUT2D eigenvalue weighted by Gasteiger charge is 2.41. The van der Waals surface area contributed by atoms with Gasteiger partial charge in [0.25, 0.3) is 0 Å². The first kappa shape index (κ1) is 11.0. The van der Waals surface area contributed by atoms with Gasteiger partial charge in [-0.15, -0.1) is 0 Å². The van der Waals surface area contributed by atoms with Crippen LogP contribution in [-0.2, 0) is 5.41 Å². The van der Waals surface area contributed by atoms with E-state index < -0.39 is 0 Å². The molecule has 1 aromatic carbocycles. The van der Waals surface area contributed by atoms with E-state index in [1.807, 2.05) is 24.3 Å². The lowest BCUT2D eigenvalue weighted by atomic mass is 9.66. The normalized spacial score (nSPS) is 16.9. The van der Waals surface area contributed by atoms with E-state index in [1.165, 1.54) is 0 Å². The summed E-state index contributed by atoms with van der Waals surface area (Å²) < 4.78 is 5.26. The molecule has 0 unspecified atom stereocenters. The second-order valence-electron chi connectivity index (χ2n) is 4.79. The van der Waals surface area contributed by atoms with Crippen molar-refractivity contribution in [2.24, 2.45) is 0 Å². The summed E-state index contributed by atoms with van der Waals surface area (Å²) in [6.45, 7) is 0. The first-order chi connectivity index (χ1) is 8.79. The number of rotatable bonds is 2. The second-order valence-corrected chi connectivity index (χ2v) is 4.79. The Morgan fingerprint density at radius 3 is 2.78 bits per heavy atom. The number of ether oxygens (including phenoxy) is 1. The van der Waals surface area contributed by atoms with Crippen molar-refractivity contribution < 1.29 is 4.74 Å². The van der Waals surface area contributed by atoms with Crippen molar-refractivity contribution in [2.75, 3.05) is 7.11 Å². The number of hydrogen-bond acceptors (Lipinski definition) is 3. The van der Waals surface area contributed by atoms with E-state index >= 15 is 0 Å². The van der Waals surface area contributed by atoms with E-state index in [4.69, 9.17) is 4.74 Å². The van der Waals surface area contributed by atoms with Crippen LogP contribution < -0.4 is 4.74 Å². The third-order valence-electron chi connectivity index (χ3n) is 3.85. The lowest BCUT2D eigenvalue weighted by Gasteiger charge is -2.35. The average Bonchev–Trinajstić information content (AvgIpc) is 2.38. The van der Waals surface area contributed by atoms with Crippen LogP contribution in [0, 0.1) is 11.3 Å². The fraction of sp³-hybridized carbons (Fsp3) is 0.333. The molecule has 0 saturated heterocycles. The number of nitrogens with zero attached hydrogens (tertiary/aromatic N) is 2. The van der Waals surface area contributed by atoms with Gasteiger partial charge in [-0.2, -0.15) is 5.26 Å². The maximum Gasteiger partial charge on any atom is 0.119 e. The van der Waals surface area contributed by atoms with Gasteiger partial charge in [-0.25, -0.2) is 0 Å². The standard InChI is InChI=1S/C15H14N2O/c1-18-12-4-3-11-5-8-17-14(13(11)9-12)15(10-16)6-2-7-15/h3-5,8-9H,2,6-7H2,1H3. The molecule has 0 aliphatic heterocycles. The minimum absolute atomic E-state index is 0.383. The summed E-state index contributed by atoms with van der Waals surface area (Å²) in [5.74, 6) is 0.809. The van der Waals surface area contributed by atoms with Crippen LogP contribution in [0.1, 0.15) is 25.0 Å². The lowest BCUT2D eigenvalue weighted by Crippen LogP contribution is -2.33. The SMILES string of the molecule is COc1ccc2ccnc(C3(C#N)CCC3)c2c1. The molecule has 18 heavy (non-hydrogen) atoms. The summed E-state index contributed by atoms with van der Waals surface area (Å²) in [6.07, 6.45) is 4.72. The predicted molar refractivity (Wildman–Crippen MR) is 69.4 cm³/mol. The van der Waals surface area contributed by atoms with E-state index in [9.17, 15) is 5.26 Å². The van der Waals surface area contributed by atoms with Crippen molar-refractivity contribution in [3.8, 4) is 11.8 Å². The first-order valence-corrected chi connectivity index (χ1v) is 6.13. The van der Waals surface area contributed by atoms with Gasteiger partial charge in [-0.1, -0.05) is 6.07 Å². The highest BCUT2D eigenvalue weighted by atomic mass is 16.5. The molecule has 3 heteroatoms. The van der Waals surface area contributed by atoms with Crippen molar-refractivity contribution in [1.29, 1.82) is 5.26 Å². The van der Waals surface area contributed by atoms with Gasteiger partial charge in [-0.05, 0) is 42.8 Å². The maximum absolute atomic E-state index is 9.45. The van der Waals surface area contributed by atoms with E-state index in [0.29, 0.717) is 0 Å². The van der Waals surface area contributed by atoms with Crippen LogP contribution in [0.4, 0.5) is 0 Å². The molecule has 3 nitrogen and oxygen atoms in total. The van der Waals surface area contributed by atoms with Crippen molar-refractivity contribution >= 4 is 10.8 Å². The molecule has 3 rings (SSSR count). The van der Waals surface area contributed by atoms with E-state index in [1.54, 1.807) is 13.3 Å². The molecule has 0 atom stereocenters. The zero-order chi connectivity index (χ0) is 12.6. The zero-order valence-electron chi connectivity index (χ0n) is 10.3. The van der Waals surface area contributed by atoms with Crippen LogP contribution in [-0.4, -0.2) is 12.1 Å². The van der Waals surface area contributed by atoms with Gasteiger partial charge in [-0.3, -0.25) is 4.98 Å². The Balaban J connectivity index is 2.26. The van der Waals surface area contributed by atoms with E-state index in [-0.39, 0.29) is 5.41 Å². The van der Waals surface area contributed by atoms with Crippen molar-refractivity contribution in [3.63, 3.8) is 0 Å². The molecule has 0 N–H and O–H groups in total. The van der Waals surface area contributed by atoms with Gasteiger partial charge in [0.2, 0.25) is 0 Å². The van der Waals surface area contributed by atoms with Crippen LogP contribution in [0.3, 0.4) is 0 Å². The van der Waals surface area contributed by atoms with Gasteiger partial charge >= 0.3 is 0 Å². The topological polar surface area (TPSA) is 45.9 Å². The minimum atomic E-state index is -0.383. The maximum atomic E-state index is 9.45. The largest absolute Gasteiger partial charge is 0.497 e. The number of nitriles is 1. The molecular formula is C15H14N2O. The average molecular weight is 238 g/mol. The fourth-order valence-electron chi connectivity index (χ4n) is 2.59. The molecule has 1 aromatic heterocycles. The lowest BCUT2D eigenvalue weighted by molar-refractivity contribution is 0.318. The Labute approximate surface area is 106 Å². The minimum Gasteiger partial charge on any atom is -0.497 e. The van der Waals surface area contributed by atoms with Crippen LogP contribution >= 0.6 is 0 Å². The molecule has 0 spiro atoms. The molecule has 0 radical (unpaired) electrons. The molecule has 1 aliphatic rings. The summed E-state index contributed by atoms with van der Waals surface area (Å²) in [6, 6.07) is 10.4. The number of aromatic nitrogens is 1. The Morgan fingerprint density at radius 1 is 1.33 bits per heavy atom. The van der Waals surface area contributed by atoms with Gasteiger partial charge in [0, 0.05) is 11.6 Å². The summed E-state index contributed by atoms with van der Waals surface area (Å²) in [4.78, 5) is 4.47. The molecule has 0 bridgehead atoms. The van der Waals surface area contributed by atoms with Crippen molar-refractivity contribution in [1.82, 2.24) is 4.98 Å². The summed E-state index contributed by atoms with van der Waals surface area (Å²) >= 11 is 0. The molecule has 1 saturated carbocycles. The fourth-order valence-corrected chi connectivity index (χ4v) is 2.59. The third-order valence-corrected chi connectivity index (χ3v) is 3.85. The van der Waals surface area contributed by atoms with Crippen molar-refractivity contribution in [3.05, 3.63) is 36.2 Å². The Bertz CT molecular complexity index is 638. The number of fused-ring (bicyclic) bond motifs is 1. The monoisotopic (exact) mass is 238 g/mol. The predicted octanol–water partition coefficient (Wildman–Crippen LogP) is 3.19. The van der Waals surface area contributed by atoms with Crippen molar-refractivity contribution in [2.45, 2.75) is 24.7 Å². The molecule has 1 aliphatic carbocycles. The molecule has 0 amide bonds.